The van der Waals surface area contributed by atoms with Gasteiger partial charge in [-0.15, -0.1) is 0 Å². The molecule has 3 aromatic rings. The lowest BCUT2D eigenvalue weighted by Gasteiger charge is -2.49. The molecule has 1 heterocycles. The molecule has 8 heteroatoms. The molecule has 0 spiro atoms. The molecule has 47 heavy (non-hydrogen) atoms. The first-order valence-electron chi connectivity index (χ1n) is 16.0. The van der Waals surface area contributed by atoms with Crippen molar-refractivity contribution in [3.63, 3.8) is 0 Å². The van der Waals surface area contributed by atoms with Gasteiger partial charge in [-0.25, -0.2) is 0 Å². The van der Waals surface area contributed by atoms with Crippen LogP contribution in [0, 0.1) is 17.8 Å². The number of ether oxygens (including phenoxy) is 1. The zero-order valence-electron chi connectivity index (χ0n) is 27.5. The molecule has 0 bridgehead atoms. The van der Waals surface area contributed by atoms with E-state index >= 15 is 0 Å². The van der Waals surface area contributed by atoms with E-state index in [0.29, 0.717) is 39.8 Å². The Balaban J connectivity index is 1.40. The molecule has 0 atom stereocenters. The van der Waals surface area contributed by atoms with Crippen LogP contribution in [0.3, 0.4) is 0 Å². The third kappa shape index (κ3) is 7.05. The van der Waals surface area contributed by atoms with Crippen molar-refractivity contribution in [3.8, 4) is 5.75 Å². The molecule has 6 rings (SSSR count). The third-order valence-corrected chi connectivity index (χ3v) is 10.4. The number of carbonyl (C=O) groups excluding carboxylic acids is 3. The molecule has 0 radical (unpaired) electrons. The molecule has 0 unspecified atom stereocenters. The lowest BCUT2D eigenvalue weighted by Crippen LogP contribution is -2.44. The van der Waals surface area contributed by atoms with Crippen molar-refractivity contribution in [1.29, 1.82) is 0 Å². The summed E-state index contributed by atoms with van der Waals surface area (Å²) in [6, 6.07) is 21.7. The van der Waals surface area contributed by atoms with Gasteiger partial charge in [0, 0.05) is 53.5 Å². The maximum Gasteiger partial charge on any atom is 0.262 e. The van der Waals surface area contributed by atoms with Gasteiger partial charge in [0.2, 0.25) is 0 Å². The first kappa shape index (κ1) is 33.4. The Morgan fingerprint density at radius 2 is 1.36 bits per heavy atom. The second-order valence-electron chi connectivity index (χ2n) is 14.6. The van der Waals surface area contributed by atoms with Crippen LogP contribution in [-0.4, -0.2) is 29.0 Å². The average molecular weight is 761 g/mol. The number of aryl methyl sites for hydroxylation is 1. The minimum absolute atomic E-state index is 0.0869. The predicted molar refractivity (Wildman–Crippen MR) is 192 cm³/mol. The predicted octanol–water partition coefficient (Wildman–Crippen LogP) is 9.42. The number of rotatable bonds is 7. The van der Waals surface area contributed by atoms with Gasteiger partial charge < -0.3 is 15.0 Å². The molecule has 6 nitrogen and oxygen atoms in total. The molecule has 0 fully saturated rings. The molecule has 244 valence electrons. The number of amides is 1. The van der Waals surface area contributed by atoms with Crippen molar-refractivity contribution in [1.82, 2.24) is 4.90 Å². The molecule has 1 amide bonds. The van der Waals surface area contributed by atoms with E-state index in [1.807, 2.05) is 61.5 Å². The van der Waals surface area contributed by atoms with Crippen LogP contribution in [0.2, 0.25) is 0 Å². The van der Waals surface area contributed by atoms with Gasteiger partial charge in [-0.3, -0.25) is 14.4 Å². The van der Waals surface area contributed by atoms with Gasteiger partial charge in [-0.05, 0) is 97.8 Å². The summed E-state index contributed by atoms with van der Waals surface area (Å²) in [5.41, 5.74) is 6.83. The number of ketones is 2. The van der Waals surface area contributed by atoms with E-state index in [4.69, 9.17) is 4.74 Å². The lowest BCUT2D eigenvalue weighted by atomic mass is 9.63. The van der Waals surface area contributed by atoms with Crippen LogP contribution >= 0.6 is 31.9 Å². The molecule has 3 aliphatic rings. The van der Waals surface area contributed by atoms with E-state index in [1.54, 1.807) is 0 Å². The summed E-state index contributed by atoms with van der Waals surface area (Å²) < 4.78 is 7.25. The monoisotopic (exact) mass is 758 g/mol. The van der Waals surface area contributed by atoms with Crippen LogP contribution < -0.4 is 10.1 Å². The molecule has 3 aromatic carbocycles. The van der Waals surface area contributed by atoms with Gasteiger partial charge in [0.1, 0.15) is 5.75 Å². The van der Waals surface area contributed by atoms with Crippen molar-refractivity contribution in [2.45, 2.75) is 72.8 Å². The Labute approximate surface area is 293 Å². The zero-order chi connectivity index (χ0) is 33.7. The quantitative estimate of drug-likeness (QED) is 0.260. The first-order chi connectivity index (χ1) is 22.2. The zero-order valence-corrected chi connectivity index (χ0v) is 30.7. The highest BCUT2D eigenvalue weighted by atomic mass is 79.9. The Hall–Kier alpha value is -3.49. The SMILES string of the molecule is Cc1ccc(NC(=O)COc2c(Br)cc(C3C4=C(CC(C)(C)CC4=O)N(Cc4ccccc4)C4=C3C(=O)CC(C)(C)C4)cc2Br)cc1. The maximum atomic E-state index is 14.2. The molecule has 0 saturated heterocycles. The summed E-state index contributed by atoms with van der Waals surface area (Å²) in [7, 11) is 0. The highest BCUT2D eigenvalue weighted by molar-refractivity contribution is 9.11. The number of benzene rings is 3. The van der Waals surface area contributed by atoms with Gasteiger partial charge in [-0.2, -0.15) is 0 Å². The van der Waals surface area contributed by atoms with Crippen molar-refractivity contribution >= 4 is 55.0 Å². The van der Waals surface area contributed by atoms with Crippen molar-refractivity contribution in [3.05, 3.63) is 115 Å². The molecule has 1 aliphatic heterocycles. The van der Waals surface area contributed by atoms with Gasteiger partial charge >= 0.3 is 0 Å². The largest absolute Gasteiger partial charge is 0.481 e. The van der Waals surface area contributed by atoms with Crippen LogP contribution in [0.5, 0.6) is 5.75 Å². The van der Waals surface area contributed by atoms with Crippen LogP contribution in [0.25, 0.3) is 0 Å². The summed E-state index contributed by atoms with van der Waals surface area (Å²) in [6.07, 6.45) is 2.32. The van der Waals surface area contributed by atoms with E-state index in [9.17, 15) is 14.4 Å². The van der Waals surface area contributed by atoms with Crippen LogP contribution in [0.15, 0.2) is 98.2 Å². The average Bonchev–Trinajstić information content (AvgIpc) is 2.98. The number of anilines is 1. The molecular weight excluding hydrogens is 720 g/mol. The highest BCUT2D eigenvalue weighted by Crippen LogP contribution is 2.55. The Bertz CT molecular complexity index is 1750. The van der Waals surface area contributed by atoms with Crippen molar-refractivity contribution in [2.75, 3.05) is 11.9 Å². The van der Waals surface area contributed by atoms with E-state index in [-0.39, 0.29) is 34.9 Å². The van der Waals surface area contributed by atoms with Gasteiger partial charge in [0.15, 0.2) is 18.2 Å². The Morgan fingerprint density at radius 1 is 0.830 bits per heavy atom. The number of Topliss-reactive ketones (excluding diaryl/α,β-unsaturated/α-hetero) is 2. The van der Waals surface area contributed by atoms with Crippen LogP contribution in [-0.2, 0) is 20.9 Å². The number of hydrogen-bond acceptors (Lipinski definition) is 5. The summed E-state index contributed by atoms with van der Waals surface area (Å²) in [5.74, 6) is -0.124. The van der Waals surface area contributed by atoms with E-state index in [1.165, 1.54) is 0 Å². The van der Waals surface area contributed by atoms with Crippen molar-refractivity contribution in [2.24, 2.45) is 10.8 Å². The minimum atomic E-state index is -0.495. The number of carbonyl (C=O) groups is 3. The fourth-order valence-electron chi connectivity index (χ4n) is 7.19. The Kier molecular flexibility index (Phi) is 9.13. The summed E-state index contributed by atoms with van der Waals surface area (Å²) in [5, 5.41) is 2.86. The lowest BCUT2D eigenvalue weighted by molar-refractivity contribution is -0.120. The minimum Gasteiger partial charge on any atom is -0.481 e. The molecule has 1 N–H and O–H groups in total. The topological polar surface area (TPSA) is 75.7 Å². The van der Waals surface area contributed by atoms with E-state index in [0.717, 1.165) is 52.1 Å². The summed E-state index contributed by atoms with van der Waals surface area (Å²) in [4.78, 5) is 43.4. The number of nitrogens with one attached hydrogen (secondary N) is 1. The number of nitrogens with zero attached hydrogens (tertiary/aromatic N) is 1. The second kappa shape index (κ2) is 12.8. The molecular formula is C39H40Br2N2O4. The number of allylic oxidation sites excluding steroid dienone is 4. The van der Waals surface area contributed by atoms with Gasteiger partial charge in [0.25, 0.3) is 5.91 Å². The number of halogens is 2. The molecule has 0 saturated carbocycles. The second-order valence-corrected chi connectivity index (χ2v) is 16.3. The standard InChI is InChI=1S/C39H40Br2N2O4/c1-23-11-13-26(14-12-23)42-33(46)22-47-37-27(40)15-25(16-28(37)41)34-35-29(17-38(2,3)19-31(35)44)43(21-24-9-7-6-8-10-24)30-18-39(4,5)20-32(45)36(30)34/h6-16,34H,17-22H2,1-5H3,(H,42,46). The number of hydrogen-bond donors (Lipinski definition) is 1. The van der Waals surface area contributed by atoms with Gasteiger partial charge in [-0.1, -0.05) is 75.7 Å². The summed E-state index contributed by atoms with van der Waals surface area (Å²) >= 11 is 7.38. The highest BCUT2D eigenvalue weighted by Gasteiger charge is 2.49. The summed E-state index contributed by atoms with van der Waals surface area (Å²) in [6.45, 7) is 11.0. The van der Waals surface area contributed by atoms with Crippen LogP contribution in [0.4, 0.5) is 5.69 Å². The van der Waals surface area contributed by atoms with E-state index < -0.39 is 5.92 Å². The third-order valence-electron chi connectivity index (χ3n) is 9.24. The van der Waals surface area contributed by atoms with Crippen LogP contribution in [0.1, 0.15) is 76.0 Å². The molecule has 2 aliphatic carbocycles. The maximum absolute atomic E-state index is 14.2. The molecule has 0 aromatic heterocycles. The smallest absolute Gasteiger partial charge is 0.262 e. The van der Waals surface area contributed by atoms with Gasteiger partial charge in [0.05, 0.1) is 8.95 Å². The fraction of sp³-hybridized carbons (Fsp3) is 0.359. The first-order valence-corrected chi connectivity index (χ1v) is 17.6. The van der Waals surface area contributed by atoms with Crippen molar-refractivity contribution < 1.29 is 19.1 Å². The normalized spacial score (nSPS) is 19.0. The fourth-order valence-corrected chi connectivity index (χ4v) is 8.64. The Morgan fingerprint density at radius 3 is 1.89 bits per heavy atom. The van der Waals surface area contributed by atoms with E-state index in [2.05, 4.69) is 81.9 Å².